The standard InChI is InChI=1S/C30H39N7O3/c1-34-14-4-5-22(34)19-40-29-28-27(24-11-13-32-15-25(24)33-29)37-17-21(10-12-31)36(18-26(37)30(38)35(28)2)16-20-6-8-23(39-3)9-7-20/h6-9,21-22,26,32H,4-5,10-11,13-19H2,1-3H3/t21?,22-,26?/m0/s1. The highest BCUT2D eigenvalue weighted by atomic mass is 16.5. The number of carbonyl (C=O) groups is 1. The number of piperazine rings is 1. The van der Waals surface area contributed by atoms with Crippen LogP contribution in [0.5, 0.6) is 11.6 Å². The molecule has 4 aliphatic heterocycles. The number of likely N-dealkylation sites (tertiary alicyclic amines) is 1. The van der Waals surface area contributed by atoms with Gasteiger partial charge in [-0.3, -0.25) is 9.69 Å². The molecule has 0 aliphatic carbocycles. The van der Waals surface area contributed by atoms with Gasteiger partial charge in [0.05, 0.1) is 31.0 Å². The SMILES string of the molecule is COc1ccc(CN2CC3C(=O)N(C)c4c(OC[C@@H]5CCCN5C)nc5c(c4N3CC2CC#N)CCNC5)cc1. The van der Waals surface area contributed by atoms with Crippen LogP contribution in [-0.2, 0) is 24.3 Å². The molecule has 0 saturated carbocycles. The zero-order valence-electron chi connectivity index (χ0n) is 23.7. The van der Waals surface area contributed by atoms with Gasteiger partial charge in [-0.05, 0) is 57.1 Å². The number of rotatable bonds is 7. The highest BCUT2D eigenvalue weighted by Gasteiger charge is 2.46. The van der Waals surface area contributed by atoms with Crippen molar-refractivity contribution in [3.63, 3.8) is 0 Å². The Kier molecular flexibility index (Phi) is 7.53. The van der Waals surface area contributed by atoms with Gasteiger partial charge in [-0.15, -0.1) is 0 Å². The second kappa shape index (κ2) is 11.2. The number of benzene rings is 1. The minimum Gasteiger partial charge on any atom is -0.497 e. The lowest BCUT2D eigenvalue weighted by Gasteiger charge is -2.51. The highest BCUT2D eigenvalue weighted by molar-refractivity contribution is 6.07. The van der Waals surface area contributed by atoms with Crippen molar-refractivity contribution in [2.24, 2.45) is 0 Å². The third-order valence-electron chi connectivity index (χ3n) is 9.04. The Hall–Kier alpha value is -3.39. The summed E-state index contributed by atoms with van der Waals surface area (Å²) in [6.45, 7) is 5.02. The Balaban J connectivity index is 1.35. The molecule has 0 spiro atoms. The van der Waals surface area contributed by atoms with Crippen molar-refractivity contribution in [1.82, 2.24) is 20.1 Å². The molecular weight excluding hydrogens is 506 g/mol. The van der Waals surface area contributed by atoms with E-state index >= 15 is 0 Å². The van der Waals surface area contributed by atoms with Crippen LogP contribution in [-0.4, -0.2) is 92.8 Å². The van der Waals surface area contributed by atoms with Crippen molar-refractivity contribution < 1.29 is 14.3 Å². The summed E-state index contributed by atoms with van der Waals surface area (Å²) in [6, 6.07) is 10.4. The maximum Gasteiger partial charge on any atom is 0.250 e. The summed E-state index contributed by atoms with van der Waals surface area (Å²) in [7, 11) is 5.66. The Morgan fingerprint density at radius 1 is 1.15 bits per heavy atom. The number of nitrogens with one attached hydrogen (secondary N) is 1. The summed E-state index contributed by atoms with van der Waals surface area (Å²) in [6.07, 6.45) is 3.52. The van der Waals surface area contributed by atoms with Crippen LogP contribution in [0.25, 0.3) is 0 Å². The molecule has 1 aromatic heterocycles. The van der Waals surface area contributed by atoms with Gasteiger partial charge >= 0.3 is 0 Å². The van der Waals surface area contributed by atoms with Gasteiger partial charge in [-0.1, -0.05) is 12.1 Å². The molecule has 0 bridgehead atoms. The fourth-order valence-corrected chi connectivity index (χ4v) is 6.72. The van der Waals surface area contributed by atoms with E-state index in [9.17, 15) is 10.1 Å². The molecule has 5 heterocycles. The monoisotopic (exact) mass is 545 g/mol. The zero-order valence-corrected chi connectivity index (χ0v) is 23.7. The Bertz CT molecular complexity index is 1290. The number of nitrogens with zero attached hydrogens (tertiary/aromatic N) is 6. The van der Waals surface area contributed by atoms with Crippen molar-refractivity contribution in [1.29, 1.82) is 5.26 Å². The van der Waals surface area contributed by atoms with E-state index in [1.54, 1.807) is 12.0 Å². The number of ether oxygens (including phenoxy) is 2. The highest BCUT2D eigenvalue weighted by Crippen LogP contribution is 2.47. The van der Waals surface area contributed by atoms with Crippen molar-refractivity contribution in [3.8, 4) is 17.7 Å². The fraction of sp³-hybridized carbons (Fsp3) is 0.567. The lowest BCUT2D eigenvalue weighted by Crippen LogP contribution is -2.65. The van der Waals surface area contributed by atoms with Crippen molar-refractivity contribution in [3.05, 3.63) is 41.1 Å². The molecule has 10 heteroatoms. The lowest BCUT2D eigenvalue weighted by molar-refractivity contribution is -0.121. The van der Waals surface area contributed by atoms with E-state index in [4.69, 9.17) is 14.5 Å². The number of pyridine rings is 1. The van der Waals surface area contributed by atoms with Gasteiger partial charge in [0.2, 0.25) is 5.88 Å². The molecule has 4 aliphatic rings. The first kappa shape index (κ1) is 26.8. The molecule has 2 aromatic rings. The van der Waals surface area contributed by atoms with Gasteiger partial charge < -0.3 is 29.5 Å². The number of nitriles is 1. The van der Waals surface area contributed by atoms with Crippen LogP contribution < -0.4 is 24.6 Å². The van der Waals surface area contributed by atoms with Crippen molar-refractivity contribution in [2.45, 2.75) is 56.9 Å². The topological polar surface area (TPSA) is 97.2 Å². The summed E-state index contributed by atoms with van der Waals surface area (Å²) < 4.78 is 11.8. The summed E-state index contributed by atoms with van der Waals surface area (Å²) in [5.74, 6) is 1.40. The minimum absolute atomic E-state index is 0.00514. The van der Waals surface area contributed by atoms with Crippen LogP contribution in [0, 0.1) is 11.3 Å². The van der Waals surface area contributed by atoms with E-state index in [0.29, 0.717) is 51.1 Å². The number of hydrogen-bond acceptors (Lipinski definition) is 9. The molecule has 1 N–H and O–H groups in total. The molecule has 212 valence electrons. The third-order valence-corrected chi connectivity index (χ3v) is 9.04. The Morgan fingerprint density at radius 2 is 1.98 bits per heavy atom. The van der Waals surface area contributed by atoms with Gasteiger partial charge in [-0.2, -0.15) is 5.26 Å². The summed E-state index contributed by atoms with van der Waals surface area (Å²) in [4.78, 5) is 27.6. The molecule has 0 radical (unpaired) electrons. The second-order valence-corrected chi connectivity index (χ2v) is 11.4. The largest absolute Gasteiger partial charge is 0.497 e. The normalized spacial score (nSPS) is 24.8. The number of likely N-dealkylation sites (N-methyl/N-ethyl adjacent to an activating group) is 2. The average Bonchev–Trinajstić information content (AvgIpc) is 3.39. The van der Waals surface area contributed by atoms with Crippen LogP contribution in [0.3, 0.4) is 0 Å². The van der Waals surface area contributed by atoms with E-state index in [-0.39, 0.29) is 18.0 Å². The Morgan fingerprint density at radius 3 is 2.70 bits per heavy atom. The smallest absolute Gasteiger partial charge is 0.250 e. The first-order chi connectivity index (χ1) is 19.5. The first-order valence-electron chi connectivity index (χ1n) is 14.4. The molecule has 1 amide bonds. The molecule has 6 rings (SSSR count). The van der Waals surface area contributed by atoms with Gasteiger partial charge in [0.1, 0.15) is 24.1 Å². The molecule has 2 saturated heterocycles. The fourth-order valence-electron chi connectivity index (χ4n) is 6.72. The predicted molar refractivity (Wildman–Crippen MR) is 153 cm³/mol. The maximum atomic E-state index is 14.0. The molecule has 3 atom stereocenters. The molecule has 10 nitrogen and oxygen atoms in total. The van der Waals surface area contributed by atoms with Crippen molar-refractivity contribution >= 4 is 17.3 Å². The summed E-state index contributed by atoms with van der Waals surface area (Å²) in [5, 5.41) is 13.2. The lowest BCUT2D eigenvalue weighted by atomic mass is 9.93. The van der Waals surface area contributed by atoms with E-state index in [0.717, 1.165) is 54.3 Å². The molecular formula is C30H39N7O3. The van der Waals surface area contributed by atoms with Crippen molar-refractivity contribution in [2.75, 3.05) is 63.8 Å². The van der Waals surface area contributed by atoms with Gasteiger partial charge in [0, 0.05) is 50.9 Å². The first-order valence-corrected chi connectivity index (χ1v) is 14.4. The quantitative estimate of drug-likeness (QED) is 0.561. The summed E-state index contributed by atoms with van der Waals surface area (Å²) >= 11 is 0. The van der Waals surface area contributed by atoms with Crippen LogP contribution in [0.15, 0.2) is 24.3 Å². The van der Waals surface area contributed by atoms with E-state index < -0.39 is 0 Å². The van der Waals surface area contributed by atoms with Crippen LogP contribution in [0.2, 0.25) is 0 Å². The number of hydrogen-bond donors (Lipinski definition) is 1. The number of aromatic nitrogens is 1. The molecule has 40 heavy (non-hydrogen) atoms. The summed E-state index contributed by atoms with van der Waals surface area (Å²) in [5.41, 5.74) is 5.18. The third kappa shape index (κ3) is 4.87. The van der Waals surface area contributed by atoms with E-state index in [2.05, 4.69) is 45.3 Å². The average molecular weight is 546 g/mol. The minimum atomic E-state index is -0.333. The second-order valence-electron chi connectivity index (χ2n) is 11.4. The number of amides is 1. The number of carbonyl (C=O) groups excluding carboxylic acids is 1. The Labute approximate surface area is 236 Å². The van der Waals surface area contributed by atoms with Crippen LogP contribution >= 0.6 is 0 Å². The van der Waals surface area contributed by atoms with Gasteiger partial charge in [0.15, 0.2) is 0 Å². The number of methoxy groups -OCH3 is 1. The molecule has 2 fully saturated rings. The number of fused-ring (bicyclic) bond motifs is 5. The van der Waals surface area contributed by atoms with Crippen LogP contribution in [0.1, 0.15) is 36.1 Å². The van der Waals surface area contributed by atoms with E-state index in [1.807, 2.05) is 19.2 Å². The zero-order chi connectivity index (χ0) is 27.8. The van der Waals surface area contributed by atoms with Crippen LogP contribution in [0.4, 0.5) is 11.4 Å². The maximum absolute atomic E-state index is 14.0. The van der Waals surface area contributed by atoms with Gasteiger partial charge in [-0.25, -0.2) is 4.98 Å². The molecule has 2 unspecified atom stereocenters. The molecule has 1 aromatic carbocycles. The predicted octanol–water partition coefficient (Wildman–Crippen LogP) is 2.16. The number of anilines is 2. The van der Waals surface area contributed by atoms with E-state index in [1.165, 1.54) is 12.0 Å². The van der Waals surface area contributed by atoms with Gasteiger partial charge in [0.25, 0.3) is 5.91 Å².